The summed E-state index contributed by atoms with van der Waals surface area (Å²) in [5.41, 5.74) is -0.359. The molecule has 0 radical (unpaired) electrons. The van der Waals surface area contributed by atoms with Crippen LogP contribution in [0.5, 0.6) is 0 Å². The van der Waals surface area contributed by atoms with Crippen molar-refractivity contribution in [2.75, 3.05) is 0 Å². The fourth-order valence-corrected chi connectivity index (χ4v) is 2.64. The summed E-state index contributed by atoms with van der Waals surface area (Å²) in [5.74, 6) is -2.72. The van der Waals surface area contributed by atoms with Crippen LogP contribution in [0.2, 0.25) is 0 Å². The number of hydrogen-bond donors (Lipinski definition) is 0. The summed E-state index contributed by atoms with van der Waals surface area (Å²) in [4.78, 5) is 47.4. The molecule has 0 bridgehead atoms. The zero-order valence-electron chi connectivity index (χ0n) is 11.6. The first kappa shape index (κ1) is 16.4. The second-order valence-corrected chi connectivity index (χ2v) is 6.22. The Morgan fingerprint density at radius 2 is 0.870 bits per heavy atom. The van der Waals surface area contributed by atoms with Gasteiger partial charge in [0.05, 0.1) is 0 Å². The number of ketones is 2. The van der Waals surface area contributed by atoms with E-state index in [0.29, 0.717) is 0 Å². The van der Waals surface area contributed by atoms with E-state index in [0.717, 1.165) is 0 Å². The molecular formula is C16H10O6S. The molecule has 7 heteroatoms. The van der Waals surface area contributed by atoms with Crippen molar-refractivity contribution in [1.29, 1.82) is 0 Å². The Morgan fingerprint density at radius 3 is 1.17 bits per heavy atom. The number of benzene rings is 2. The molecule has 0 saturated heterocycles. The van der Waals surface area contributed by atoms with E-state index in [4.69, 9.17) is 0 Å². The predicted molar refractivity (Wildman–Crippen MR) is 80.5 cm³/mol. The zero-order chi connectivity index (χ0) is 17.0. The molecule has 0 aliphatic rings. The maximum atomic E-state index is 11.9. The van der Waals surface area contributed by atoms with Crippen LogP contribution in [0.1, 0.15) is 20.7 Å². The maximum absolute atomic E-state index is 11.9. The van der Waals surface area contributed by atoms with Crippen molar-refractivity contribution in [3.05, 3.63) is 71.8 Å². The van der Waals surface area contributed by atoms with Crippen LogP contribution in [0.15, 0.2) is 60.7 Å². The summed E-state index contributed by atoms with van der Waals surface area (Å²) < 4.78 is 23.8. The molecule has 0 amide bonds. The lowest BCUT2D eigenvalue weighted by Gasteiger charge is -2.02. The molecule has 0 unspecified atom stereocenters. The van der Waals surface area contributed by atoms with Crippen LogP contribution < -0.4 is 0 Å². The summed E-state index contributed by atoms with van der Waals surface area (Å²) in [6.45, 7) is 0. The highest BCUT2D eigenvalue weighted by atomic mass is 32.2. The quantitative estimate of drug-likeness (QED) is 0.617. The highest BCUT2D eigenvalue weighted by Crippen LogP contribution is 2.09. The minimum Gasteiger partial charge on any atom is -0.284 e. The SMILES string of the molecule is O=C(C(=O)S(=O)(=O)C(=O)C(=O)c1ccccc1)c1ccccc1. The first-order chi connectivity index (χ1) is 10.9. The van der Waals surface area contributed by atoms with E-state index in [1.807, 2.05) is 0 Å². The molecule has 0 N–H and O–H groups in total. The average molecular weight is 330 g/mol. The third-order valence-corrected chi connectivity index (χ3v) is 4.28. The van der Waals surface area contributed by atoms with Gasteiger partial charge in [0.25, 0.3) is 9.84 Å². The lowest BCUT2D eigenvalue weighted by atomic mass is 10.1. The Labute approximate surface area is 131 Å². The van der Waals surface area contributed by atoms with Crippen molar-refractivity contribution in [2.24, 2.45) is 0 Å². The van der Waals surface area contributed by atoms with Crippen LogP contribution in [-0.2, 0) is 19.4 Å². The highest BCUT2D eigenvalue weighted by molar-refractivity contribution is 8.21. The summed E-state index contributed by atoms with van der Waals surface area (Å²) in [5, 5.41) is -3.84. The summed E-state index contributed by atoms with van der Waals surface area (Å²) in [7, 11) is -5.21. The number of carbonyl (C=O) groups is 4. The minimum absolute atomic E-state index is 0.180. The van der Waals surface area contributed by atoms with Gasteiger partial charge in [-0.15, -0.1) is 0 Å². The van der Waals surface area contributed by atoms with Gasteiger partial charge in [0.2, 0.25) is 11.6 Å². The summed E-state index contributed by atoms with van der Waals surface area (Å²) in [6, 6.07) is 13.8. The van der Waals surface area contributed by atoms with Crippen molar-refractivity contribution in [3.8, 4) is 0 Å². The number of carbonyl (C=O) groups excluding carboxylic acids is 4. The van der Waals surface area contributed by atoms with Crippen LogP contribution in [0.25, 0.3) is 0 Å². The number of sulfone groups is 1. The molecule has 2 aromatic carbocycles. The van der Waals surface area contributed by atoms with Crippen LogP contribution >= 0.6 is 0 Å². The van der Waals surface area contributed by atoms with E-state index < -0.39 is 31.6 Å². The molecule has 0 spiro atoms. The van der Waals surface area contributed by atoms with Crippen molar-refractivity contribution >= 4 is 31.6 Å². The normalized spacial score (nSPS) is 10.8. The predicted octanol–water partition coefficient (Wildman–Crippen LogP) is 1.22. The second-order valence-electron chi connectivity index (χ2n) is 4.47. The smallest absolute Gasteiger partial charge is 0.284 e. The molecule has 2 aromatic rings. The number of Topliss-reactive ketones (excluding diaryl/α,β-unsaturated/α-hetero) is 2. The van der Waals surface area contributed by atoms with Crippen LogP contribution in [-0.4, -0.2) is 30.2 Å². The highest BCUT2D eigenvalue weighted by Gasteiger charge is 2.40. The Bertz CT molecular complexity index is 813. The zero-order valence-corrected chi connectivity index (χ0v) is 12.4. The van der Waals surface area contributed by atoms with E-state index in [9.17, 15) is 27.6 Å². The van der Waals surface area contributed by atoms with E-state index in [1.165, 1.54) is 48.5 Å². The molecule has 0 aromatic heterocycles. The summed E-state index contributed by atoms with van der Waals surface area (Å²) in [6.07, 6.45) is 0. The van der Waals surface area contributed by atoms with Crippen LogP contribution in [0.4, 0.5) is 0 Å². The van der Waals surface area contributed by atoms with Gasteiger partial charge in [-0.2, -0.15) is 0 Å². The molecular weight excluding hydrogens is 320 g/mol. The molecule has 6 nitrogen and oxygen atoms in total. The fraction of sp³-hybridized carbons (Fsp3) is 0. The van der Waals surface area contributed by atoms with Gasteiger partial charge >= 0.3 is 10.2 Å². The Morgan fingerprint density at radius 1 is 0.565 bits per heavy atom. The molecule has 0 fully saturated rings. The van der Waals surface area contributed by atoms with Crippen molar-refractivity contribution in [3.63, 3.8) is 0 Å². The van der Waals surface area contributed by atoms with Gasteiger partial charge in [-0.1, -0.05) is 60.7 Å². The van der Waals surface area contributed by atoms with Crippen LogP contribution in [0.3, 0.4) is 0 Å². The van der Waals surface area contributed by atoms with E-state index in [2.05, 4.69) is 0 Å². The molecule has 0 saturated carbocycles. The molecule has 23 heavy (non-hydrogen) atoms. The van der Waals surface area contributed by atoms with E-state index >= 15 is 0 Å². The lowest BCUT2D eigenvalue weighted by Crippen LogP contribution is -2.34. The fourth-order valence-electron chi connectivity index (χ4n) is 1.74. The Hall–Kier alpha value is -2.93. The molecule has 116 valence electrons. The van der Waals surface area contributed by atoms with Gasteiger partial charge in [0.1, 0.15) is 0 Å². The van der Waals surface area contributed by atoms with Gasteiger partial charge in [-0.25, -0.2) is 8.42 Å². The van der Waals surface area contributed by atoms with Crippen molar-refractivity contribution in [2.45, 2.75) is 0 Å². The topological polar surface area (TPSA) is 102 Å². The van der Waals surface area contributed by atoms with Gasteiger partial charge in [-0.05, 0) is 0 Å². The molecule has 0 atom stereocenters. The molecule has 0 heterocycles. The van der Waals surface area contributed by atoms with Crippen molar-refractivity contribution < 1.29 is 27.6 Å². The van der Waals surface area contributed by atoms with Crippen LogP contribution in [0, 0.1) is 0 Å². The van der Waals surface area contributed by atoms with Gasteiger partial charge < -0.3 is 0 Å². The van der Waals surface area contributed by atoms with E-state index in [-0.39, 0.29) is 11.1 Å². The lowest BCUT2D eigenvalue weighted by molar-refractivity contribution is -0.111. The van der Waals surface area contributed by atoms with Crippen molar-refractivity contribution in [1.82, 2.24) is 0 Å². The first-order valence-corrected chi connectivity index (χ1v) is 7.86. The molecule has 0 aliphatic heterocycles. The second kappa shape index (κ2) is 6.45. The number of rotatable bonds is 4. The van der Waals surface area contributed by atoms with Gasteiger partial charge in [0, 0.05) is 11.1 Å². The Balaban J connectivity index is 2.31. The monoisotopic (exact) mass is 330 g/mol. The Kier molecular flexibility index (Phi) is 4.61. The molecule has 2 rings (SSSR count). The molecule has 0 aliphatic carbocycles. The first-order valence-electron chi connectivity index (χ1n) is 6.38. The standard InChI is InChI=1S/C16H10O6S/c17-13(11-7-3-1-4-8-11)15(19)23(21,22)16(20)14(18)12-9-5-2-6-10-12/h1-10H. The van der Waals surface area contributed by atoms with Gasteiger partial charge in [-0.3, -0.25) is 19.2 Å². The summed E-state index contributed by atoms with van der Waals surface area (Å²) >= 11 is 0. The third-order valence-electron chi connectivity index (χ3n) is 2.93. The van der Waals surface area contributed by atoms with Gasteiger partial charge in [0.15, 0.2) is 0 Å². The van der Waals surface area contributed by atoms with E-state index in [1.54, 1.807) is 12.1 Å². The number of hydrogen-bond acceptors (Lipinski definition) is 6. The maximum Gasteiger partial charge on any atom is 0.325 e. The largest absolute Gasteiger partial charge is 0.325 e. The minimum atomic E-state index is -5.21. The third kappa shape index (κ3) is 3.29. The average Bonchev–Trinajstić information content (AvgIpc) is 2.60.